The first-order chi connectivity index (χ1) is 12.0. The average molecular weight is 338 g/mol. The second kappa shape index (κ2) is 6.02. The Kier molecular flexibility index (Phi) is 3.82. The molecule has 1 amide bonds. The molecule has 0 saturated carbocycles. The number of likely N-dealkylation sites (tertiary alicyclic amines) is 1. The number of amides is 1. The van der Waals surface area contributed by atoms with Crippen LogP contribution in [0.15, 0.2) is 22.8 Å². The van der Waals surface area contributed by atoms with Gasteiger partial charge in [0.25, 0.3) is 0 Å². The molecule has 130 valence electrons. The minimum Gasteiger partial charge on any atom is -0.464 e. The summed E-state index contributed by atoms with van der Waals surface area (Å²) in [5, 5.41) is 8.18. The minimum absolute atomic E-state index is 0.0287. The summed E-state index contributed by atoms with van der Waals surface area (Å²) in [4.78, 5) is 19.3. The smallest absolute Gasteiger partial charge is 0.227 e. The van der Waals surface area contributed by atoms with Crippen molar-refractivity contribution in [1.29, 1.82) is 0 Å². The highest BCUT2D eigenvalue weighted by atomic mass is 16.3. The normalized spacial score (nSPS) is 17.6. The van der Waals surface area contributed by atoms with Gasteiger partial charge in [-0.05, 0) is 50.8 Å². The van der Waals surface area contributed by atoms with Crippen LogP contribution in [0.25, 0.3) is 11.0 Å². The molecule has 0 radical (unpaired) electrons. The maximum atomic E-state index is 12.9. The molecule has 0 spiro atoms. The van der Waals surface area contributed by atoms with E-state index in [1.165, 1.54) is 0 Å². The lowest BCUT2D eigenvalue weighted by molar-refractivity contribution is -0.131. The fourth-order valence-electron chi connectivity index (χ4n) is 3.86. The van der Waals surface area contributed by atoms with Crippen molar-refractivity contribution in [3.05, 3.63) is 46.7 Å². The summed E-state index contributed by atoms with van der Waals surface area (Å²) in [6.07, 6.45) is 3.95. The number of nitrogens with one attached hydrogen (secondary N) is 1. The summed E-state index contributed by atoms with van der Waals surface area (Å²) in [5.41, 5.74) is 4.11. The molecule has 0 bridgehead atoms. The Labute approximate surface area is 146 Å². The number of rotatable bonds is 3. The van der Waals surface area contributed by atoms with E-state index < -0.39 is 0 Å². The van der Waals surface area contributed by atoms with Crippen LogP contribution in [0.2, 0.25) is 0 Å². The molecule has 1 atom stereocenters. The van der Waals surface area contributed by atoms with E-state index in [0.29, 0.717) is 12.2 Å². The number of hydrogen-bond donors (Lipinski definition) is 1. The van der Waals surface area contributed by atoms with Crippen molar-refractivity contribution in [3.63, 3.8) is 0 Å². The third-order valence-electron chi connectivity index (χ3n) is 4.92. The minimum atomic E-state index is -0.0287. The zero-order valence-corrected chi connectivity index (χ0v) is 14.8. The van der Waals surface area contributed by atoms with Crippen molar-refractivity contribution in [2.45, 2.75) is 46.1 Å². The molecule has 1 N–H and O–H groups in total. The van der Waals surface area contributed by atoms with E-state index in [9.17, 15) is 4.79 Å². The molecule has 0 aliphatic carbocycles. The number of hydrogen-bond acceptors (Lipinski definition) is 4. The maximum Gasteiger partial charge on any atom is 0.227 e. The predicted molar refractivity (Wildman–Crippen MR) is 94.2 cm³/mol. The number of nitrogens with zero attached hydrogens (tertiary/aromatic N) is 3. The number of furan rings is 1. The highest BCUT2D eigenvalue weighted by Gasteiger charge is 2.32. The van der Waals surface area contributed by atoms with Crippen LogP contribution in [0.5, 0.6) is 0 Å². The van der Waals surface area contributed by atoms with Crippen LogP contribution in [-0.4, -0.2) is 32.5 Å². The Hall–Kier alpha value is -2.63. The van der Waals surface area contributed by atoms with Crippen LogP contribution in [0.1, 0.15) is 47.2 Å². The van der Waals surface area contributed by atoms with Crippen molar-refractivity contribution >= 4 is 16.9 Å². The van der Waals surface area contributed by atoms with Crippen LogP contribution in [-0.2, 0) is 11.2 Å². The Morgan fingerprint density at radius 2 is 2.20 bits per heavy atom. The zero-order valence-electron chi connectivity index (χ0n) is 14.8. The van der Waals surface area contributed by atoms with E-state index in [1.807, 2.05) is 24.8 Å². The van der Waals surface area contributed by atoms with Gasteiger partial charge in [-0.15, -0.1) is 0 Å². The number of H-pyrrole nitrogens is 1. The molecule has 1 aromatic carbocycles. The molecule has 4 rings (SSSR count). The van der Waals surface area contributed by atoms with Crippen molar-refractivity contribution in [1.82, 2.24) is 20.1 Å². The lowest BCUT2D eigenvalue weighted by atomic mass is 10.0. The lowest BCUT2D eigenvalue weighted by Crippen LogP contribution is -2.32. The standard InChI is InChI=1S/C19H22N4O2/c1-11-7-12(2)18-14(10-25-16(18)8-11)9-17(24)23-6-4-5-15(23)19-20-13(3)21-22-19/h7-8,10,15H,4-6,9H2,1-3H3,(H,20,21,22). The summed E-state index contributed by atoms with van der Waals surface area (Å²) in [7, 11) is 0. The van der Waals surface area contributed by atoms with Crippen molar-refractivity contribution in [2.24, 2.45) is 0 Å². The molecule has 25 heavy (non-hydrogen) atoms. The molecular formula is C19H22N4O2. The van der Waals surface area contributed by atoms with Crippen molar-refractivity contribution < 1.29 is 9.21 Å². The first-order valence-corrected chi connectivity index (χ1v) is 8.68. The van der Waals surface area contributed by atoms with Crippen LogP contribution in [0.3, 0.4) is 0 Å². The monoisotopic (exact) mass is 338 g/mol. The van der Waals surface area contributed by atoms with Gasteiger partial charge in [0.2, 0.25) is 5.91 Å². The molecule has 3 aromatic rings. The summed E-state index contributed by atoms with van der Waals surface area (Å²) in [5.74, 6) is 1.60. The van der Waals surface area contributed by atoms with Crippen molar-refractivity contribution in [3.8, 4) is 0 Å². The predicted octanol–water partition coefficient (Wildman–Crippen LogP) is 3.38. The third-order valence-corrected chi connectivity index (χ3v) is 4.92. The Morgan fingerprint density at radius 3 is 2.96 bits per heavy atom. The average Bonchev–Trinajstić information content (AvgIpc) is 3.26. The number of benzene rings is 1. The van der Waals surface area contributed by atoms with Crippen LogP contribution >= 0.6 is 0 Å². The summed E-state index contributed by atoms with van der Waals surface area (Å²) < 4.78 is 5.69. The quantitative estimate of drug-likeness (QED) is 0.794. The van der Waals surface area contributed by atoms with E-state index in [0.717, 1.165) is 52.9 Å². The molecule has 3 heterocycles. The van der Waals surface area contributed by atoms with Crippen LogP contribution in [0.4, 0.5) is 0 Å². The molecule has 1 aliphatic heterocycles. The van der Waals surface area contributed by atoms with Gasteiger partial charge in [-0.3, -0.25) is 9.89 Å². The summed E-state index contributed by atoms with van der Waals surface area (Å²) in [6.45, 7) is 6.74. The first-order valence-electron chi connectivity index (χ1n) is 8.68. The fourth-order valence-corrected chi connectivity index (χ4v) is 3.86. The Bertz CT molecular complexity index is 940. The molecule has 6 heteroatoms. The summed E-state index contributed by atoms with van der Waals surface area (Å²) in [6, 6.07) is 4.12. The van der Waals surface area contributed by atoms with Gasteiger partial charge in [0.1, 0.15) is 11.4 Å². The van der Waals surface area contributed by atoms with Gasteiger partial charge in [0, 0.05) is 17.5 Å². The molecule has 6 nitrogen and oxygen atoms in total. The van der Waals surface area contributed by atoms with Crippen LogP contribution < -0.4 is 0 Å². The van der Waals surface area contributed by atoms with Gasteiger partial charge in [-0.25, -0.2) is 4.98 Å². The van der Waals surface area contributed by atoms with E-state index in [1.54, 1.807) is 6.26 Å². The van der Waals surface area contributed by atoms with Crippen LogP contribution in [0, 0.1) is 20.8 Å². The molecule has 2 aromatic heterocycles. The number of aromatic nitrogens is 3. The number of aromatic amines is 1. The number of aryl methyl sites for hydroxylation is 3. The van der Waals surface area contributed by atoms with Gasteiger partial charge in [-0.2, -0.15) is 5.10 Å². The number of fused-ring (bicyclic) bond motifs is 1. The molecule has 1 saturated heterocycles. The van der Waals surface area contributed by atoms with Gasteiger partial charge < -0.3 is 9.32 Å². The maximum absolute atomic E-state index is 12.9. The third kappa shape index (κ3) is 2.81. The largest absolute Gasteiger partial charge is 0.464 e. The van der Waals surface area contributed by atoms with E-state index in [-0.39, 0.29) is 11.9 Å². The van der Waals surface area contributed by atoms with Gasteiger partial charge in [0.05, 0.1) is 18.7 Å². The molecule has 1 fully saturated rings. The second-order valence-electron chi connectivity index (χ2n) is 6.92. The SMILES string of the molecule is Cc1cc(C)c2c(CC(=O)N3CCCC3c3n[nH]c(C)n3)coc2c1. The summed E-state index contributed by atoms with van der Waals surface area (Å²) >= 11 is 0. The molecular weight excluding hydrogens is 316 g/mol. The fraction of sp³-hybridized carbons (Fsp3) is 0.421. The first kappa shape index (κ1) is 15.9. The highest BCUT2D eigenvalue weighted by Crippen LogP contribution is 2.32. The van der Waals surface area contributed by atoms with E-state index in [2.05, 4.69) is 28.2 Å². The second-order valence-corrected chi connectivity index (χ2v) is 6.92. The molecule has 1 unspecified atom stereocenters. The van der Waals surface area contributed by atoms with Gasteiger partial charge >= 0.3 is 0 Å². The molecule has 1 aliphatic rings. The Morgan fingerprint density at radius 1 is 1.36 bits per heavy atom. The van der Waals surface area contributed by atoms with E-state index >= 15 is 0 Å². The highest BCUT2D eigenvalue weighted by molar-refractivity contribution is 5.90. The van der Waals surface area contributed by atoms with Gasteiger partial charge in [0.15, 0.2) is 5.82 Å². The lowest BCUT2D eigenvalue weighted by Gasteiger charge is -2.22. The van der Waals surface area contributed by atoms with E-state index in [4.69, 9.17) is 4.42 Å². The van der Waals surface area contributed by atoms with Crippen molar-refractivity contribution in [2.75, 3.05) is 6.54 Å². The topological polar surface area (TPSA) is 75.0 Å². The Balaban J connectivity index is 1.60. The number of carbonyl (C=O) groups is 1. The zero-order chi connectivity index (χ0) is 17.6. The number of carbonyl (C=O) groups excluding carboxylic acids is 1. The van der Waals surface area contributed by atoms with Gasteiger partial charge in [-0.1, -0.05) is 6.07 Å².